The van der Waals surface area contributed by atoms with E-state index in [-0.39, 0.29) is 29.4 Å². The van der Waals surface area contributed by atoms with Crippen molar-refractivity contribution in [2.24, 2.45) is 17.8 Å². The summed E-state index contributed by atoms with van der Waals surface area (Å²) >= 11 is 0. The maximum absolute atomic E-state index is 13.5. The number of nitrogens with one attached hydrogen (secondary N) is 1. The lowest BCUT2D eigenvalue weighted by Gasteiger charge is -2.52. The molecule has 0 spiro atoms. The molecule has 1 saturated heterocycles. The zero-order chi connectivity index (χ0) is 40.4. The van der Waals surface area contributed by atoms with Crippen molar-refractivity contribution in [3.63, 3.8) is 0 Å². The van der Waals surface area contributed by atoms with Crippen molar-refractivity contribution >= 4 is 28.9 Å². The molecule has 4 aromatic rings. The second-order valence-electron chi connectivity index (χ2n) is 13.8. The van der Waals surface area contributed by atoms with Crippen LogP contribution >= 0.6 is 0 Å². The summed E-state index contributed by atoms with van der Waals surface area (Å²) in [6.45, 7) is 12.0. The van der Waals surface area contributed by atoms with Gasteiger partial charge in [-0.2, -0.15) is 0 Å². The van der Waals surface area contributed by atoms with Gasteiger partial charge in [0.05, 0.1) is 53.1 Å². The molecule has 3 aliphatic rings. The van der Waals surface area contributed by atoms with Crippen molar-refractivity contribution < 1.29 is 42.7 Å². The van der Waals surface area contributed by atoms with Crippen LogP contribution in [-0.2, 0) is 25.4 Å². The second-order valence-corrected chi connectivity index (χ2v) is 13.8. The Bertz CT molecular complexity index is 1960. The number of ether oxygens (including phenoxy) is 7. The number of piperidine rings is 1. The van der Waals surface area contributed by atoms with E-state index in [2.05, 4.69) is 35.7 Å². The predicted molar refractivity (Wildman–Crippen MR) is 218 cm³/mol. The van der Waals surface area contributed by atoms with Crippen LogP contribution in [0.5, 0.6) is 23.0 Å². The number of nitrogens with zero attached hydrogens (tertiary/aromatic N) is 1. The van der Waals surface area contributed by atoms with Crippen molar-refractivity contribution in [1.82, 2.24) is 9.88 Å². The van der Waals surface area contributed by atoms with Crippen molar-refractivity contribution in [1.29, 1.82) is 0 Å². The van der Waals surface area contributed by atoms with Crippen LogP contribution in [0.4, 0.5) is 0 Å². The van der Waals surface area contributed by atoms with Gasteiger partial charge in [0.25, 0.3) is 0 Å². The zero-order valence-corrected chi connectivity index (χ0v) is 33.2. The van der Waals surface area contributed by atoms with E-state index in [1.165, 1.54) is 50.6 Å². The molecule has 1 saturated carbocycles. The Balaban J connectivity index is 0.000000431. The number of methoxy groups -OCH3 is 6. The lowest BCUT2D eigenvalue weighted by Crippen LogP contribution is -2.58. The van der Waals surface area contributed by atoms with E-state index in [9.17, 15) is 9.59 Å². The molecule has 2 fully saturated rings. The molecule has 0 unspecified atom stereocenters. The fourth-order valence-corrected chi connectivity index (χ4v) is 8.35. The number of benzene rings is 3. The molecule has 298 valence electrons. The SMILES string of the molecule is C=CC=C.C=Cc1ccccc1.COC(=O)[C@H]1[C@H]2C[C@@H]3c4[nH]c5cc(OC)ccc5c4CCN3C[C@H]2C[C@@H](OC(=O)c2cc(OC)c(OC)c(OC)c2)[C@@H]1OC. The molecule has 1 aliphatic carbocycles. The molecular formula is C45H54N2O9. The summed E-state index contributed by atoms with van der Waals surface area (Å²) in [7, 11) is 9.10. The first kappa shape index (κ1) is 41.6. The molecule has 56 heavy (non-hydrogen) atoms. The Morgan fingerprint density at radius 3 is 2.09 bits per heavy atom. The van der Waals surface area contributed by atoms with Gasteiger partial charge >= 0.3 is 11.9 Å². The average molecular weight is 767 g/mol. The summed E-state index contributed by atoms with van der Waals surface area (Å²) in [4.78, 5) is 33.1. The summed E-state index contributed by atoms with van der Waals surface area (Å²) < 4.78 is 39.1. The fraction of sp³-hybridized carbons (Fsp3) is 0.378. The van der Waals surface area contributed by atoms with Crippen LogP contribution in [0.1, 0.15) is 46.1 Å². The summed E-state index contributed by atoms with van der Waals surface area (Å²) in [5, 5.41) is 1.21. The third kappa shape index (κ3) is 8.79. The summed E-state index contributed by atoms with van der Waals surface area (Å²) in [6, 6.07) is 19.4. The number of fused-ring (bicyclic) bond motifs is 6. The Labute approximate surface area is 329 Å². The summed E-state index contributed by atoms with van der Waals surface area (Å²) in [5.74, 6) is 0.441. The fourth-order valence-electron chi connectivity index (χ4n) is 8.35. The number of hydrogen-bond donors (Lipinski definition) is 1. The summed E-state index contributed by atoms with van der Waals surface area (Å²) in [5.41, 5.74) is 5.00. The molecule has 2 aliphatic heterocycles. The normalized spacial score (nSPS) is 22.1. The van der Waals surface area contributed by atoms with Gasteiger partial charge in [-0.15, -0.1) is 0 Å². The van der Waals surface area contributed by atoms with Gasteiger partial charge in [0, 0.05) is 42.9 Å². The smallest absolute Gasteiger partial charge is 0.338 e. The highest BCUT2D eigenvalue weighted by molar-refractivity contribution is 5.91. The Kier molecular flexibility index (Phi) is 14.4. The van der Waals surface area contributed by atoms with Gasteiger partial charge in [-0.1, -0.05) is 68.3 Å². The average Bonchev–Trinajstić information content (AvgIpc) is 3.63. The van der Waals surface area contributed by atoms with Gasteiger partial charge in [0.1, 0.15) is 18.0 Å². The van der Waals surface area contributed by atoms with Crippen molar-refractivity contribution in [3.05, 3.63) is 115 Å². The molecule has 0 bridgehead atoms. The van der Waals surface area contributed by atoms with Crippen LogP contribution in [0.3, 0.4) is 0 Å². The Morgan fingerprint density at radius 2 is 1.54 bits per heavy atom. The van der Waals surface area contributed by atoms with Crippen LogP contribution in [0.15, 0.2) is 92.6 Å². The third-order valence-electron chi connectivity index (χ3n) is 11.0. The van der Waals surface area contributed by atoms with Gasteiger partial charge in [-0.05, 0) is 66.5 Å². The maximum atomic E-state index is 13.5. The largest absolute Gasteiger partial charge is 0.497 e. The van der Waals surface area contributed by atoms with E-state index in [1.807, 2.05) is 48.5 Å². The highest BCUT2D eigenvalue weighted by Crippen LogP contribution is 2.51. The molecule has 6 atom stereocenters. The molecule has 11 nitrogen and oxygen atoms in total. The van der Waals surface area contributed by atoms with E-state index < -0.39 is 24.1 Å². The van der Waals surface area contributed by atoms with E-state index in [1.54, 1.807) is 38.5 Å². The highest BCUT2D eigenvalue weighted by atomic mass is 16.6. The number of aromatic amines is 1. The molecule has 0 radical (unpaired) electrons. The van der Waals surface area contributed by atoms with Gasteiger partial charge < -0.3 is 38.1 Å². The third-order valence-corrected chi connectivity index (χ3v) is 11.0. The first-order chi connectivity index (χ1) is 27.2. The number of H-pyrrole nitrogens is 1. The van der Waals surface area contributed by atoms with Gasteiger partial charge in [0.15, 0.2) is 11.5 Å². The molecule has 0 amide bonds. The molecule has 1 aromatic heterocycles. The van der Waals surface area contributed by atoms with Crippen LogP contribution < -0.4 is 18.9 Å². The van der Waals surface area contributed by atoms with Gasteiger partial charge in [-0.25, -0.2) is 4.79 Å². The first-order valence-electron chi connectivity index (χ1n) is 18.7. The standard InChI is InChI=1S/C33H40N2O9.C8H8.C4H6/c1-38-19-7-8-20-21-9-10-35-16-18-13-27(44-32(36)17-11-25(39-2)30(41-4)26(12-17)40-3)31(42-5)28(33(37)43-6)22(18)15-24(35)29(21)34-23(20)14-19;1-2-8-6-4-3-5-7-8;1-3-4-2/h7-8,11-12,14,18,22,24,27-28,31,34H,9-10,13,15-16H2,1-6H3;2-7H,1H2;3-4H,1-2H2/t18-,22+,24-,27-,28+,31+;;/m1../s1. The Hall–Kier alpha value is -5.52. The van der Waals surface area contributed by atoms with E-state index in [4.69, 9.17) is 33.2 Å². The van der Waals surface area contributed by atoms with Crippen LogP contribution in [0.25, 0.3) is 17.0 Å². The molecule has 1 N–H and O–H groups in total. The predicted octanol–water partition coefficient (Wildman–Crippen LogP) is 7.86. The number of allylic oxidation sites excluding steroid dienone is 2. The van der Waals surface area contributed by atoms with Crippen molar-refractivity contribution in [2.75, 3.05) is 55.7 Å². The molecule has 11 heteroatoms. The zero-order valence-electron chi connectivity index (χ0n) is 33.2. The number of carbonyl (C=O) groups is 2. The van der Waals surface area contributed by atoms with Gasteiger partial charge in [-0.3, -0.25) is 9.69 Å². The minimum Gasteiger partial charge on any atom is -0.497 e. The summed E-state index contributed by atoms with van der Waals surface area (Å²) in [6.07, 6.45) is 6.03. The molecular weight excluding hydrogens is 713 g/mol. The Morgan fingerprint density at radius 1 is 0.839 bits per heavy atom. The second kappa shape index (κ2) is 19.4. The monoisotopic (exact) mass is 766 g/mol. The number of hydrogen-bond acceptors (Lipinski definition) is 10. The van der Waals surface area contributed by atoms with Crippen molar-refractivity contribution in [3.8, 4) is 23.0 Å². The lowest BCUT2D eigenvalue weighted by molar-refractivity contribution is -0.176. The van der Waals surface area contributed by atoms with Crippen LogP contribution in [0, 0.1) is 17.8 Å². The highest BCUT2D eigenvalue weighted by Gasteiger charge is 2.54. The van der Waals surface area contributed by atoms with E-state index >= 15 is 0 Å². The van der Waals surface area contributed by atoms with Crippen LogP contribution in [-0.4, -0.2) is 89.8 Å². The minimum absolute atomic E-state index is 0.0170. The number of aromatic nitrogens is 1. The first-order valence-corrected chi connectivity index (χ1v) is 18.7. The number of rotatable bonds is 10. The number of esters is 2. The lowest BCUT2D eigenvalue weighted by atomic mass is 9.63. The molecule has 3 aromatic carbocycles. The minimum atomic E-state index is -0.670. The van der Waals surface area contributed by atoms with Gasteiger partial charge in [0.2, 0.25) is 5.75 Å². The van der Waals surface area contributed by atoms with Crippen molar-refractivity contribution in [2.45, 2.75) is 37.5 Å². The molecule has 7 rings (SSSR count). The maximum Gasteiger partial charge on any atom is 0.338 e. The van der Waals surface area contributed by atoms with E-state index in [0.29, 0.717) is 23.7 Å². The number of carbonyl (C=O) groups excluding carboxylic acids is 2. The van der Waals surface area contributed by atoms with Crippen LogP contribution in [0.2, 0.25) is 0 Å². The van der Waals surface area contributed by atoms with E-state index in [0.717, 1.165) is 37.2 Å². The quantitative estimate of drug-likeness (QED) is 0.126. The topological polar surface area (TPSA) is 118 Å². The molecule has 3 heterocycles.